The fourth-order valence-electron chi connectivity index (χ4n) is 2.34. The van der Waals surface area contributed by atoms with E-state index in [0.717, 1.165) is 18.4 Å². The van der Waals surface area contributed by atoms with Crippen LogP contribution < -0.4 is 10.6 Å². The van der Waals surface area contributed by atoms with Crippen molar-refractivity contribution in [2.45, 2.75) is 51.6 Å². The molecule has 0 spiro atoms. The van der Waals surface area contributed by atoms with Crippen LogP contribution in [0, 0.1) is 0 Å². The Labute approximate surface area is 138 Å². The molecule has 1 aromatic rings. The molecule has 23 heavy (non-hydrogen) atoms. The zero-order chi connectivity index (χ0) is 17.0. The minimum Gasteiger partial charge on any atom is -0.335 e. The Hall–Kier alpha value is -1.88. The van der Waals surface area contributed by atoms with Crippen LogP contribution in [0.1, 0.15) is 44.7 Å². The fourth-order valence-corrected chi connectivity index (χ4v) is 2.34. The second-order valence-corrected chi connectivity index (χ2v) is 7.42. The molecule has 0 radical (unpaired) electrons. The van der Waals surface area contributed by atoms with E-state index in [2.05, 4.69) is 55.7 Å². The van der Waals surface area contributed by atoms with Gasteiger partial charge in [0.2, 0.25) is 5.91 Å². The van der Waals surface area contributed by atoms with Gasteiger partial charge in [0.1, 0.15) is 0 Å². The first kappa shape index (κ1) is 17.5. The molecule has 3 amide bonds. The van der Waals surface area contributed by atoms with Crippen molar-refractivity contribution >= 4 is 11.9 Å². The summed E-state index contributed by atoms with van der Waals surface area (Å²) < 4.78 is 0. The maximum Gasteiger partial charge on any atom is 0.321 e. The van der Waals surface area contributed by atoms with Gasteiger partial charge in [0.05, 0.1) is 6.54 Å². The lowest BCUT2D eigenvalue weighted by molar-refractivity contribution is -0.120. The number of nitrogens with one attached hydrogen (secondary N) is 2. The van der Waals surface area contributed by atoms with E-state index in [9.17, 15) is 9.59 Å². The SMILES string of the molecule is CN(CC(=O)NC(=O)NC1CC1)Cc1ccc(C(C)(C)C)cc1. The van der Waals surface area contributed by atoms with Crippen molar-refractivity contribution in [1.29, 1.82) is 0 Å². The van der Waals surface area contributed by atoms with Gasteiger partial charge in [0.25, 0.3) is 0 Å². The van der Waals surface area contributed by atoms with Crippen LogP contribution >= 0.6 is 0 Å². The molecule has 0 bridgehead atoms. The molecule has 126 valence electrons. The summed E-state index contributed by atoms with van der Waals surface area (Å²) in [6.07, 6.45) is 2.01. The van der Waals surface area contributed by atoms with Gasteiger partial charge in [0.15, 0.2) is 0 Å². The van der Waals surface area contributed by atoms with Crippen molar-refractivity contribution in [3.63, 3.8) is 0 Å². The van der Waals surface area contributed by atoms with Gasteiger partial charge in [-0.1, -0.05) is 45.0 Å². The molecule has 1 fully saturated rings. The standard InChI is InChI=1S/C18H27N3O2/c1-18(2,3)14-7-5-13(6-8-14)11-21(4)12-16(22)20-17(23)19-15-9-10-15/h5-8,15H,9-12H2,1-4H3,(H2,19,20,22,23). The zero-order valence-corrected chi connectivity index (χ0v) is 14.5. The Balaban J connectivity index is 1.78. The first-order valence-corrected chi connectivity index (χ1v) is 8.12. The molecular formula is C18H27N3O2. The summed E-state index contributed by atoms with van der Waals surface area (Å²) in [4.78, 5) is 25.2. The maximum absolute atomic E-state index is 11.8. The predicted octanol–water partition coefficient (Wildman–Crippen LogP) is 2.40. The smallest absolute Gasteiger partial charge is 0.321 e. The van der Waals surface area contributed by atoms with E-state index < -0.39 is 0 Å². The van der Waals surface area contributed by atoms with Crippen LogP contribution in [0.4, 0.5) is 4.79 Å². The average molecular weight is 317 g/mol. The van der Waals surface area contributed by atoms with Gasteiger partial charge >= 0.3 is 6.03 Å². The Morgan fingerprint density at radius 1 is 1.17 bits per heavy atom. The Kier molecular flexibility index (Phi) is 5.42. The summed E-state index contributed by atoms with van der Waals surface area (Å²) >= 11 is 0. The van der Waals surface area contributed by atoms with Crippen LogP contribution in [-0.4, -0.2) is 36.5 Å². The number of hydrogen-bond acceptors (Lipinski definition) is 3. The number of nitrogens with zero attached hydrogens (tertiary/aromatic N) is 1. The van der Waals surface area contributed by atoms with E-state index in [1.165, 1.54) is 5.56 Å². The average Bonchev–Trinajstić information content (AvgIpc) is 3.21. The third-order valence-electron chi connectivity index (χ3n) is 3.85. The van der Waals surface area contributed by atoms with Crippen LogP contribution in [0.3, 0.4) is 0 Å². The summed E-state index contributed by atoms with van der Waals surface area (Å²) in [5.74, 6) is -0.281. The minimum atomic E-state index is -0.388. The molecule has 1 saturated carbocycles. The van der Waals surface area contributed by atoms with Gasteiger partial charge in [-0.15, -0.1) is 0 Å². The summed E-state index contributed by atoms with van der Waals surface area (Å²) in [5, 5.41) is 5.10. The van der Waals surface area contributed by atoms with Crippen molar-refractivity contribution in [1.82, 2.24) is 15.5 Å². The number of carbonyl (C=O) groups is 2. The van der Waals surface area contributed by atoms with Gasteiger partial charge in [-0.3, -0.25) is 15.0 Å². The van der Waals surface area contributed by atoms with Crippen molar-refractivity contribution in [2.75, 3.05) is 13.6 Å². The van der Waals surface area contributed by atoms with E-state index in [1.807, 2.05) is 11.9 Å². The Bertz CT molecular complexity index is 557. The largest absolute Gasteiger partial charge is 0.335 e. The minimum absolute atomic E-state index is 0.138. The molecule has 0 heterocycles. The van der Waals surface area contributed by atoms with E-state index in [-0.39, 0.29) is 29.9 Å². The lowest BCUT2D eigenvalue weighted by atomic mass is 9.87. The number of rotatable bonds is 5. The maximum atomic E-state index is 11.8. The lowest BCUT2D eigenvalue weighted by Crippen LogP contribution is -2.44. The van der Waals surface area contributed by atoms with Crippen LogP contribution in [0.15, 0.2) is 24.3 Å². The summed E-state index contributed by atoms with van der Waals surface area (Å²) in [7, 11) is 1.87. The lowest BCUT2D eigenvalue weighted by Gasteiger charge is -2.20. The first-order chi connectivity index (χ1) is 10.7. The quantitative estimate of drug-likeness (QED) is 0.876. The molecule has 1 aliphatic rings. The normalized spacial score (nSPS) is 14.7. The molecule has 1 aliphatic carbocycles. The third-order valence-corrected chi connectivity index (χ3v) is 3.85. The van der Waals surface area contributed by atoms with Gasteiger partial charge in [0, 0.05) is 12.6 Å². The molecule has 0 aliphatic heterocycles. The van der Waals surface area contributed by atoms with E-state index >= 15 is 0 Å². The summed E-state index contributed by atoms with van der Waals surface area (Å²) in [6, 6.07) is 8.31. The molecule has 1 aromatic carbocycles. The van der Waals surface area contributed by atoms with E-state index in [0.29, 0.717) is 6.54 Å². The highest BCUT2D eigenvalue weighted by Crippen LogP contribution is 2.22. The third kappa shape index (κ3) is 6.02. The molecule has 5 heteroatoms. The van der Waals surface area contributed by atoms with E-state index in [4.69, 9.17) is 0 Å². The van der Waals surface area contributed by atoms with Crippen molar-refractivity contribution in [3.8, 4) is 0 Å². The number of amides is 3. The highest BCUT2D eigenvalue weighted by atomic mass is 16.2. The zero-order valence-electron chi connectivity index (χ0n) is 14.5. The van der Waals surface area contributed by atoms with Gasteiger partial charge in [-0.2, -0.15) is 0 Å². The summed E-state index contributed by atoms with van der Waals surface area (Å²) in [5.41, 5.74) is 2.58. The highest BCUT2D eigenvalue weighted by Gasteiger charge is 2.24. The van der Waals surface area contributed by atoms with Crippen molar-refractivity contribution in [2.24, 2.45) is 0 Å². The molecule has 5 nitrogen and oxygen atoms in total. The Morgan fingerprint density at radius 2 is 1.78 bits per heavy atom. The predicted molar refractivity (Wildman–Crippen MR) is 91.2 cm³/mol. The molecule has 0 aromatic heterocycles. The van der Waals surface area contributed by atoms with Gasteiger partial charge < -0.3 is 5.32 Å². The molecule has 0 saturated heterocycles. The van der Waals surface area contributed by atoms with Crippen LogP contribution in [0.25, 0.3) is 0 Å². The van der Waals surface area contributed by atoms with Gasteiger partial charge in [-0.25, -0.2) is 4.79 Å². The topological polar surface area (TPSA) is 61.4 Å². The number of imide groups is 1. The number of urea groups is 1. The van der Waals surface area contributed by atoms with Crippen molar-refractivity contribution < 1.29 is 9.59 Å². The molecule has 2 N–H and O–H groups in total. The highest BCUT2D eigenvalue weighted by molar-refractivity contribution is 5.95. The molecule has 0 unspecified atom stereocenters. The van der Waals surface area contributed by atoms with Crippen LogP contribution in [0.2, 0.25) is 0 Å². The summed E-state index contributed by atoms with van der Waals surface area (Å²) in [6.45, 7) is 7.42. The van der Waals surface area contributed by atoms with Gasteiger partial charge in [-0.05, 0) is 36.4 Å². The second-order valence-electron chi connectivity index (χ2n) is 7.42. The number of benzene rings is 1. The van der Waals surface area contributed by atoms with Crippen LogP contribution in [0.5, 0.6) is 0 Å². The number of likely N-dealkylation sites (N-methyl/N-ethyl adjacent to an activating group) is 1. The number of hydrogen-bond donors (Lipinski definition) is 2. The second kappa shape index (κ2) is 7.13. The van der Waals surface area contributed by atoms with E-state index in [1.54, 1.807) is 0 Å². The molecule has 2 rings (SSSR count). The van der Waals surface area contributed by atoms with Crippen molar-refractivity contribution in [3.05, 3.63) is 35.4 Å². The fraction of sp³-hybridized carbons (Fsp3) is 0.556. The van der Waals surface area contributed by atoms with Crippen LogP contribution in [-0.2, 0) is 16.8 Å². The molecular weight excluding hydrogens is 290 g/mol. The first-order valence-electron chi connectivity index (χ1n) is 8.12. The monoisotopic (exact) mass is 317 g/mol. The molecule has 0 atom stereocenters. The Morgan fingerprint density at radius 3 is 2.30 bits per heavy atom. The number of carbonyl (C=O) groups excluding carboxylic acids is 2.